The van der Waals surface area contributed by atoms with Crippen molar-refractivity contribution in [2.75, 3.05) is 24.9 Å². The third kappa shape index (κ3) is 3.21. The predicted molar refractivity (Wildman–Crippen MR) is 97.0 cm³/mol. The summed E-state index contributed by atoms with van der Waals surface area (Å²) in [7, 11) is 0.212. The summed E-state index contributed by atoms with van der Waals surface area (Å²) in [6.07, 6.45) is 3.85. The molecular weight excluding hydrogens is 292 g/mol. The van der Waals surface area contributed by atoms with Crippen molar-refractivity contribution >= 4 is 32.4 Å². The molecule has 0 saturated heterocycles. The molecule has 1 N–H and O–H groups in total. The number of fused-ring (bicyclic) bond motifs is 2. The standard InChI is InChI=1S/C19H21O2S/c1-22(2)13-16(20)12-21-19-17-9-5-3-7-14(17)11-15-8-4-6-10-18(15)19/h3-11,16,20H,12-13H2,1-2H3/q+1. The molecule has 3 rings (SSSR count). The molecule has 114 valence electrons. The summed E-state index contributed by atoms with van der Waals surface area (Å²) in [5, 5.41) is 14.6. The van der Waals surface area contributed by atoms with E-state index in [0.29, 0.717) is 6.61 Å². The molecule has 0 heterocycles. The fraction of sp³-hybridized carbons (Fsp3) is 0.263. The third-order valence-electron chi connectivity index (χ3n) is 3.67. The van der Waals surface area contributed by atoms with Gasteiger partial charge >= 0.3 is 0 Å². The van der Waals surface area contributed by atoms with Crippen LogP contribution in [0.3, 0.4) is 0 Å². The molecule has 0 amide bonds. The van der Waals surface area contributed by atoms with E-state index < -0.39 is 6.10 Å². The summed E-state index contributed by atoms with van der Waals surface area (Å²) in [6, 6.07) is 18.7. The normalized spacial score (nSPS) is 12.9. The van der Waals surface area contributed by atoms with Gasteiger partial charge in [-0.3, -0.25) is 0 Å². The molecular formula is C19H21O2S+. The van der Waals surface area contributed by atoms with Crippen LogP contribution in [0.1, 0.15) is 0 Å². The molecule has 0 aliphatic heterocycles. The van der Waals surface area contributed by atoms with E-state index in [1.807, 2.05) is 24.3 Å². The molecule has 0 aromatic heterocycles. The molecule has 1 atom stereocenters. The second kappa shape index (κ2) is 6.59. The first-order chi connectivity index (χ1) is 10.6. The fourth-order valence-corrected chi connectivity index (χ4v) is 3.61. The van der Waals surface area contributed by atoms with Gasteiger partial charge in [0.15, 0.2) is 0 Å². The molecule has 0 bridgehead atoms. The van der Waals surface area contributed by atoms with Crippen molar-refractivity contribution in [1.29, 1.82) is 0 Å². The molecule has 0 aliphatic carbocycles. The Morgan fingerprint density at radius 2 is 1.50 bits per heavy atom. The average molecular weight is 313 g/mol. The van der Waals surface area contributed by atoms with E-state index in [0.717, 1.165) is 33.0 Å². The first-order valence-electron chi connectivity index (χ1n) is 7.40. The molecule has 0 spiro atoms. The van der Waals surface area contributed by atoms with Crippen molar-refractivity contribution in [3.05, 3.63) is 54.6 Å². The minimum absolute atomic E-state index is 0.212. The lowest BCUT2D eigenvalue weighted by molar-refractivity contribution is 0.128. The molecule has 2 nitrogen and oxygen atoms in total. The molecule has 0 saturated carbocycles. The van der Waals surface area contributed by atoms with Gasteiger partial charge in [0, 0.05) is 10.8 Å². The molecule has 3 aromatic carbocycles. The number of hydrogen-bond acceptors (Lipinski definition) is 2. The van der Waals surface area contributed by atoms with Gasteiger partial charge in [-0.1, -0.05) is 48.5 Å². The molecule has 1 unspecified atom stereocenters. The number of ether oxygens (including phenoxy) is 1. The van der Waals surface area contributed by atoms with E-state index in [9.17, 15) is 5.11 Å². The summed E-state index contributed by atoms with van der Waals surface area (Å²) >= 11 is 0. The van der Waals surface area contributed by atoms with Crippen LogP contribution >= 0.6 is 0 Å². The van der Waals surface area contributed by atoms with Gasteiger partial charge in [0.25, 0.3) is 0 Å². The SMILES string of the molecule is C[S+](C)CC(O)COc1c2ccccc2cc2ccccc12. The Kier molecular flexibility index (Phi) is 4.55. The Morgan fingerprint density at radius 3 is 2.05 bits per heavy atom. The minimum atomic E-state index is -0.420. The van der Waals surface area contributed by atoms with Crippen molar-refractivity contribution in [1.82, 2.24) is 0 Å². The van der Waals surface area contributed by atoms with Crippen LogP contribution in [0.4, 0.5) is 0 Å². The lowest BCUT2D eigenvalue weighted by atomic mass is 10.0. The summed E-state index contributed by atoms with van der Waals surface area (Å²) in [5.74, 6) is 1.66. The first kappa shape index (κ1) is 15.2. The second-order valence-electron chi connectivity index (χ2n) is 5.77. The maximum atomic E-state index is 10.1. The first-order valence-corrected chi connectivity index (χ1v) is 9.62. The maximum Gasteiger partial charge on any atom is 0.136 e. The quantitative estimate of drug-likeness (QED) is 0.576. The molecule has 3 heteroatoms. The van der Waals surface area contributed by atoms with Crippen LogP contribution in [0, 0.1) is 0 Å². The van der Waals surface area contributed by atoms with E-state index in [2.05, 4.69) is 42.8 Å². The van der Waals surface area contributed by atoms with Gasteiger partial charge in [-0.2, -0.15) is 0 Å². The van der Waals surface area contributed by atoms with Crippen LogP contribution in [0.2, 0.25) is 0 Å². The van der Waals surface area contributed by atoms with Crippen molar-refractivity contribution < 1.29 is 9.84 Å². The summed E-state index contributed by atoms with van der Waals surface area (Å²) in [5.41, 5.74) is 0. The maximum absolute atomic E-state index is 10.1. The van der Waals surface area contributed by atoms with Crippen molar-refractivity contribution in [2.24, 2.45) is 0 Å². The highest BCUT2D eigenvalue weighted by Gasteiger charge is 2.15. The molecule has 0 aliphatic rings. The Labute approximate surface area is 134 Å². The highest BCUT2D eigenvalue weighted by atomic mass is 32.2. The lowest BCUT2D eigenvalue weighted by Crippen LogP contribution is -2.26. The van der Waals surface area contributed by atoms with Crippen molar-refractivity contribution in [2.45, 2.75) is 6.10 Å². The smallest absolute Gasteiger partial charge is 0.136 e. The number of rotatable bonds is 5. The number of hydrogen-bond donors (Lipinski definition) is 1. The molecule has 0 fully saturated rings. The van der Waals surface area contributed by atoms with Crippen molar-refractivity contribution in [3.63, 3.8) is 0 Å². The highest BCUT2D eigenvalue weighted by Crippen LogP contribution is 2.34. The van der Waals surface area contributed by atoms with Gasteiger partial charge in [0.2, 0.25) is 0 Å². The zero-order chi connectivity index (χ0) is 15.5. The molecule has 3 aromatic rings. The van der Waals surface area contributed by atoms with Crippen LogP contribution in [0.5, 0.6) is 5.75 Å². The Morgan fingerprint density at radius 1 is 0.955 bits per heavy atom. The monoisotopic (exact) mass is 313 g/mol. The van der Waals surface area contributed by atoms with Gasteiger partial charge < -0.3 is 9.84 Å². The van der Waals surface area contributed by atoms with Crippen LogP contribution < -0.4 is 4.74 Å². The predicted octanol–water partition coefficient (Wildman–Crippen LogP) is 3.61. The zero-order valence-electron chi connectivity index (χ0n) is 13.0. The van der Waals surface area contributed by atoms with Crippen molar-refractivity contribution in [3.8, 4) is 5.75 Å². The largest absolute Gasteiger partial charge is 0.489 e. The zero-order valence-corrected chi connectivity index (χ0v) is 13.8. The molecule has 22 heavy (non-hydrogen) atoms. The van der Waals surface area contributed by atoms with Crippen LogP contribution in [-0.2, 0) is 10.9 Å². The third-order valence-corrected chi connectivity index (χ3v) is 4.72. The van der Waals surface area contributed by atoms with E-state index in [1.54, 1.807) is 0 Å². The van der Waals surface area contributed by atoms with Gasteiger partial charge in [-0.15, -0.1) is 0 Å². The Hall–Kier alpha value is -1.71. The lowest BCUT2D eigenvalue weighted by Gasteiger charge is -2.15. The fourth-order valence-electron chi connectivity index (χ4n) is 2.74. The second-order valence-corrected chi connectivity index (χ2v) is 8.07. The Balaban J connectivity index is 2.01. The number of aliphatic hydroxyl groups excluding tert-OH is 1. The number of benzene rings is 3. The summed E-state index contributed by atoms with van der Waals surface area (Å²) < 4.78 is 6.05. The van der Waals surface area contributed by atoms with E-state index in [4.69, 9.17) is 4.74 Å². The number of aliphatic hydroxyl groups is 1. The topological polar surface area (TPSA) is 29.5 Å². The van der Waals surface area contributed by atoms with E-state index in [1.165, 1.54) is 0 Å². The van der Waals surface area contributed by atoms with Gasteiger partial charge in [0.05, 0.1) is 12.5 Å². The Bertz CT molecular complexity index is 729. The summed E-state index contributed by atoms with van der Waals surface area (Å²) in [6.45, 7) is 0.336. The van der Waals surface area contributed by atoms with E-state index >= 15 is 0 Å². The van der Waals surface area contributed by atoms with Crippen LogP contribution in [0.25, 0.3) is 21.5 Å². The summed E-state index contributed by atoms with van der Waals surface area (Å²) in [4.78, 5) is 0. The van der Waals surface area contributed by atoms with Gasteiger partial charge in [0.1, 0.15) is 24.2 Å². The average Bonchev–Trinajstić information content (AvgIpc) is 2.50. The van der Waals surface area contributed by atoms with Crippen LogP contribution in [0.15, 0.2) is 54.6 Å². The minimum Gasteiger partial charge on any atom is -0.489 e. The van der Waals surface area contributed by atoms with Gasteiger partial charge in [-0.05, 0) is 27.7 Å². The van der Waals surface area contributed by atoms with Crippen LogP contribution in [-0.4, -0.2) is 36.1 Å². The highest BCUT2D eigenvalue weighted by molar-refractivity contribution is 7.95. The van der Waals surface area contributed by atoms with E-state index in [-0.39, 0.29) is 10.9 Å². The van der Waals surface area contributed by atoms with Gasteiger partial charge in [-0.25, -0.2) is 0 Å². The molecule has 0 radical (unpaired) electrons.